The predicted molar refractivity (Wildman–Crippen MR) is 88.0 cm³/mol. The number of amides is 1. The number of rotatable bonds is 5. The monoisotopic (exact) mass is 343 g/mol. The summed E-state index contributed by atoms with van der Waals surface area (Å²) in [4.78, 5) is 23.8. The molecule has 128 valence electrons. The molecule has 1 amide bonds. The van der Waals surface area contributed by atoms with Crippen molar-refractivity contribution in [2.24, 2.45) is 5.41 Å². The van der Waals surface area contributed by atoms with E-state index in [2.05, 4.69) is 26.1 Å². The van der Waals surface area contributed by atoms with Gasteiger partial charge in [-0.1, -0.05) is 38.4 Å². The SMILES string of the molecule is CC(C)(C)CC(C)(C)NC(=O)COC(=O)c1c(F)cccc1Cl. The van der Waals surface area contributed by atoms with Crippen molar-refractivity contribution in [2.45, 2.75) is 46.6 Å². The summed E-state index contributed by atoms with van der Waals surface area (Å²) in [7, 11) is 0. The van der Waals surface area contributed by atoms with Crippen LogP contribution in [0.15, 0.2) is 18.2 Å². The van der Waals surface area contributed by atoms with Crippen LogP contribution in [0.4, 0.5) is 4.39 Å². The molecule has 1 N–H and O–H groups in total. The van der Waals surface area contributed by atoms with Gasteiger partial charge in [-0.2, -0.15) is 0 Å². The first-order chi connectivity index (χ1) is 10.4. The Kier molecular flexibility index (Phi) is 6.17. The molecule has 23 heavy (non-hydrogen) atoms. The summed E-state index contributed by atoms with van der Waals surface area (Å²) in [5.74, 6) is -2.19. The van der Waals surface area contributed by atoms with Gasteiger partial charge in [0.15, 0.2) is 6.61 Å². The fourth-order valence-corrected chi connectivity index (χ4v) is 2.92. The summed E-state index contributed by atoms with van der Waals surface area (Å²) in [5, 5.41) is 2.75. The van der Waals surface area contributed by atoms with Gasteiger partial charge in [0.1, 0.15) is 11.4 Å². The molecule has 0 unspecified atom stereocenters. The maximum atomic E-state index is 13.6. The van der Waals surface area contributed by atoms with Crippen molar-refractivity contribution in [3.8, 4) is 0 Å². The Morgan fingerprint density at radius 2 is 1.83 bits per heavy atom. The molecule has 0 heterocycles. The summed E-state index contributed by atoms with van der Waals surface area (Å²) in [6, 6.07) is 3.87. The molecular weight excluding hydrogens is 321 g/mol. The number of hydrogen-bond acceptors (Lipinski definition) is 3. The van der Waals surface area contributed by atoms with Crippen LogP contribution in [0.2, 0.25) is 5.02 Å². The Balaban J connectivity index is 2.61. The van der Waals surface area contributed by atoms with Crippen molar-refractivity contribution in [1.82, 2.24) is 5.32 Å². The molecule has 0 saturated heterocycles. The Hall–Kier alpha value is -1.62. The van der Waals surface area contributed by atoms with Crippen molar-refractivity contribution < 1.29 is 18.7 Å². The van der Waals surface area contributed by atoms with Gasteiger partial charge in [-0.3, -0.25) is 4.79 Å². The zero-order valence-corrected chi connectivity index (χ0v) is 14.9. The number of ether oxygens (including phenoxy) is 1. The van der Waals surface area contributed by atoms with Crippen molar-refractivity contribution in [2.75, 3.05) is 6.61 Å². The molecule has 0 spiro atoms. The van der Waals surface area contributed by atoms with Gasteiger partial charge in [0, 0.05) is 5.54 Å². The van der Waals surface area contributed by atoms with Gasteiger partial charge in [-0.05, 0) is 37.8 Å². The van der Waals surface area contributed by atoms with Crippen molar-refractivity contribution in [3.63, 3.8) is 0 Å². The Morgan fingerprint density at radius 3 is 2.35 bits per heavy atom. The van der Waals surface area contributed by atoms with Gasteiger partial charge in [0.2, 0.25) is 0 Å². The number of benzene rings is 1. The van der Waals surface area contributed by atoms with E-state index in [0.717, 1.165) is 12.5 Å². The molecule has 0 aromatic heterocycles. The lowest BCUT2D eigenvalue weighted by atomic mass is 9.82. The van der Waals surface area contributed by atoms with E-state index >= 15 is 0 Å². The van der Waals surface area contributed by atoms with Crippen LogP contribution in [0.3, 0.4) is 0 Å². The number of carbonyl (C=O) groups is 2. The van der Waals surface area contributed by atoms with Crippen LogP contribution < -0.4 is 5.32 Å². The maximum absolute atomic E-state index is 13.6. The summed E-state index contributed by atoms with van der Waals surface area (Å²) in [6.45, 7) is 9.51. The fraction of sp³-hybridized carbons (Fsp3) is 0.529. The summed E-state index contributed by atoms with van der Waals surface area (Å²) >= 11 is 5.78. The highest BCUT2D eigenvalue weighted by molar-refractivity contribution is 6.33. The van der Waals surface area contributed by atoms with E-state index in [1.165, 1.54) is 12.1 Å². The number of hydrogen-bond donors (Lipinski definition) is 1. The summed E-state index contributed by atoms with van der Waals surface area (Å²) in [5.41, 5.74) is -0.776. The third kappa shape index (κ3) is 6.57. The molecule has 0 radical (unpaired) electrons. The van der Waals surface area contributed by atoms with Gasteiger partial charge in [0.25, 0.3) is 5.91 Å². The molecule has 0 aliphatic rings. The van der Waals surface area contributed by atoms with Crippen molar-refractivity contribution >= 4 is 23.5 Å². The predicted octanol–water partition coefficient (Wildman–Crippen LogP) is 3.97. The van der Waals surface area contributed by atoms with E-state index in [-0.39, 0.29) is 16.0 Å². The maximum Gasteiger partial charge on any atom is 0.343 e. The highest BCUT2D eigenvalue weighted by atomic mass is 35.5. The molecule has 6 heteroatoms. The molecule has 1 aromatic carbocycles. The number of nitrogens with one attached hydrogen (secondary N) is 1. The van der Waals surface area contributed by atoms with Crippen molar-refractivity contribution in [1.29, 1.82) is 0 Å². The summed E-state index contributed by atoms with van der Waals surface area (Å²) in [6.07, 6.45) is 0.749. The van der Waals surface area contributed by atoms with Gasteiger partial charge >= 0.3 is 5.97 Å². The quantitative estimate of drug-likeness (QED) is 0.823. The minimum absolute atomic E-state index is 0.0359. The second-order valence-corrected chi connectivity index (χ2v) is 7.75. The zero-order valence-electron chi connectivity index (χ0n) is 14.1. The van der Waals surface area contributed by atoms with Crippen LogP contribution in [-0.2, 0) is 9.53 Å². The Bertz CT molecular complexity index is 574. The lowest BCUT2D eigenvalue weighted by Gasteiger charge is -2.33. The lowest BCUT2D eigenvalue weighted by Crippen LogP contribution is -2.47. The topological polar surface area (TPSA) is 55.4 Å². The number of halogens is 2. The third-order valence-corrected chi connectivity index (χ3v) is 3.27. The summed E-state index contributed by atoms with van der Waals surface area (Å²) < 4.78 is 18.4. The standard InChI is InChI=1S/C17H23ClFNO3/c1-16(2,3)10-17(4,5)20-13(21)9-23-15(22)14-11(18)7-6-8-12(14)19/h6-8H,9-10H2,1-5H3,(H,20,21). The largest absolute Gasteiger partial charge is 0.452 e. The van der Waals surface area contributed by atoms with Gasteiger partial charge in [-0.15, -0.1) is 0 Å². The minimum atomic E-state index is -0.961. The molecule has 0 aliphatic heterocycles. The van der Waals surface area contributed by atoms with Crippen LogP contribution in [-0.4, -0.2) is 24.0 Å². The first kappa shape index (κ1) is 19.4. The second kappa shape index (κ2) is 7.30. The van der Waals surface area contributed by atoms with E-state index in [1.807, 2.05) is 13.8 Å². The molecule has 1 aromatic rings. The van der Waals surface area contributed by atoms with E-state index in [9.17, 15) is 14.0 Å². The molecule has 0 fully saturated rings. The van der Waals surface area contributed by atoms with Gasteiger partial charge < -0.3 is 10.1 Å². The normalized spacial score (nSPS) is 12.0. The van der Waals surface area contributed by atoms with Crippen LogP contribution in [0.1, 0.15) is 51.4 Å². The minimum Gasteiger partial charge on any atom is -0.452 e. The molecule has 0 atom stereocenters. The molecular formula is C17H23ClFNO3. The smallest absolute Gasteiger partial charge is 0.343 e. The average molecular weight is 344 g/mol. The van der Waals surface area contributed by atoms with E-state index in [1.54, 1.807) is 0 Å². The van der Waals surface area contributed by atoms with Crippen molar-refractivity contribution in [3.05, 3.63) is 34.6 Å². The van der Waals surface area contributed by atoms with E-state index in [0.29, 0.717) is 0 Å². The van der Waals surface area contributed by atoms with Crippen LogP contribution >= 0.6 is 11.6 Å². The molecule has 1 rings (SSSR count). The van der Waals surface area contributed by atoms with E-state index < -0.39 is 29.8 Å². The number of esters is 1. The molecule has 0 aliphatic carbocycles. The van der Waals surface area contributed by atoms with Crippen LogP contribution in [0.5, 0.6) is 0 Å². The van der Waals surface area contributed by atoms with Crippen LogP contribution in [0.25, 0.3) is 0 Å². The van der Waals surface area contributed by atoms with Gasteiger partial charge in [0.05, 0.1) is 5.02 Å². The Morgan fingerprint density at radius 1 is 1.22 bits per heavy atom. The fourth-order valence-electron chi connectivity index (χ4n) is 2.68. The first-order valence-electron chi connectivity index (χ1n) is 7.33. The van der Waals surface area contributed by atoms with Gasteiger partial charge in [-0.25, -0.2) is 9.18 Å². The molecule has 0 saturated carbocycles. The number of carbonyl (C=O) groups excluding carboxylic acids is 2. The highest BCUT2D eigenvalue weighted by Crippen LogP contribution is 2.26. The highest BCUT2D eigenvalue weighted by Gasteiger charge is 2.27. The average Bonchev–Trinajstić information content (AvgIpc) is 2.32. The van der Waals surface area contributed by atoms with Crippen LogP contribution in [0, 0.1) is 11.2 Å². The van der Waals surface area contributed by atoms with E-state index in [4.69, 9.17) is 16.3 Å². The second-order valence-electron chi connectivity index (χ2n) is 7.34. The zero-order chi connectivity index (χ0) is 17.8. The Labute approximate surface area is 141 Å². The molecule has 4 nitrogen and oxygen atoms in total. The third-order valence-electron chi connectivity index (χ3n) is 2.95. The first-order valence-corrected chi connectivity index (χ1v) is 7.71. The lowest BCUT2D eigenvalue weighted by molar-refractivity contribution is -0.126. The molecule has 0 bridgehead atoms.